The minimum absolute atomic E-state index is 0.00426. The van der Waals surface area contributed by atoms with Crippen LogP contribution in [0.2, 0.25) is 0 Å². The summed E-state index contributed by atoms with van der Waals surface area (Å²) in [6.45, 7) is 22.1. The lowest BCUT2D eigenvalue weighted by molar-refractivity contribution is -0.159. The minimum atomic E-state index is -1.15. The molecule has 3 atom stereocenters. The van der Waals surface area contributed by atoms with Crippen molar-refractivity contribution in [1.82, 2.24) is 15.5 Å². The van der Waals surface area contributed by atoms with Crippen molar-refractivity contribution in [3.05, 3.63) is 83.4 Å². The fourth-order valence-corrected chi connectivity index (χ4v) is 5.11. The van der Waals surface area contributed by atoms with Crippen LogP contribution >= 0.6 is 0 Å². The van der Waals surface area contributed by atoms with Crippen LogP contribution in [0.1, 0.15) is 90.1 Å². The third-order valence-electron chi connectivity index (χ3n) is 6.72. The van der Waals surface area contributed by atoms with Gasteiger partial charge in [0.15, 0.2) is 0 Å². The number of rotatable bonds is 13. The molecule has 0 fully saturated rings. The molecule has 0 saturated heterocycles. The SMILES string of the molecule is C=CCN(C(=O)C(CC(C)C)NC(=O)OC(C)(C)C)C(C(=O)NC(Cc1ccccc1)C(=O)OC(C)(C)C)c1cc(C)cc(C)c1. The van der Waals surface area contributed by atoms with Crippen molar-refractivity contribution in [3.63, 3.8) is 0 Å². The van der Waals surface area contributed by atoms with Crippen LogP contribution in [-0.4, -0.2) is 58.6 Å². The number of esters is 1. The molecule has 0 spiro atoms. The van der Waals surface area contributed by atoms with E-state index in [1.165, 1.54) is 11.0 Å². The van der Waals surface area contributed by atoms with Crippen LogP contribution in [0.5, 0.6) is 0 Å². The van der Waals surface area contributed by atoms with E-state index < -0.39 is 53.2 Å². The molecule has 9 heteroatoms. The third kappa shape index (κ3) is 12.7. The van der Waals surface area contributed by atoms with Crippen LogP contribution in [-0.2, 0) is 30.3 Å². The molecule has 0 bridgehead atoms. The molecule has 3 amide bonds. The smallest absolute Gasteiger partial charge is 0.408 e. The van der Waals surface area contributed by atoms with Crippen LogP contribution in [0.15, 0.2) is 61.2 Å². The van der Waals surface area contributed by atoms with E-state index in [9.17, 15) is 19.2 Å². The number of alkyl carbamates (subject to hydrolysis) is 1. The number of aryl methyl sites for hydroxylation is 2. The van der Waals surface area contributed by atoms with Crippen molar-refractivity contribution in [2.45, 2.75) is 111 Å². The first kappa shape index (κ1) is 38.0. The second kappa shape index (κ2) is 16.4. The van der Waals surface area contributed by atoms with Gasteiger partial charge in [0.05, 0.1) is 0 Å². The second-order valence-corrected chi connectivity index (χ2v) is 14.2. The van der Waals surface area contributed by atoms with Gasteiger partial charge in [0.2, 0.25) is 11.8 Å². The summed E-state index contributed by atoms with van der Waals surface area (Å²) in [4.78, 5) is 56.6. The number of carbonyl (C=O) groups excluding carboxylic acids is 4. The summed E-state index contributed by atoms with van der Waals surface area (Å²) in [5.74, 6) is -1.59. The van der Waals surface area contributed by atoms with Crippen LogP contribution in [0.3, 0.4) is 0 Å². The van der Waals surface area contributed by atoms with Crippen molar-refractivity contribution in [2.75, 3.05) is 6.54 Å². The Labute approximate surface area is 275 Å². The Hall–Kier alpha value is -4.14. The summed E-state index contributed by atoms with van der Waals surface area (Å²) >= 11 is 0. The quantitative estimate of drug-likeness (QED) is 0.195. The third-order valence-corrected chi connectivity index (χ3v) is 6.72. The standard InChI is InChI=1S/C37H53N3O6/c1-12-18-40(33(42)29(19-24(2)3)39-35(44)46-37(9,10)11)31(28-21-25(4)20-26(5)22-28)32(41)38-30(34(43)45-36(6,7)8)23-27-16-14-13-15-17-27/h12-17,20-22,24,29-31H,1,18-19,23H2,2-11H3,(H,38,41)(H,39,44). The largest absolute Gasteiger partial charge is 0.458 e. The predicted octanol–water partition coefficient (Wildman–Crippen LogP) is 6.37. The van der Waals surface area contributed by atoms with Gasteiger partial charge in [-0.1, -0.05) is 79.6 Å². The summed E-state index contributed by atoms with van der Waals surface area (Å²) in [6, 6.07) is 11.8. The van der Waals surface area contributed by atoms with E-state index >= 15 is 0 Å². The maximum atomic E-state index is 14.5. The van der Waals surface area contributed by atoms with Crippen molar-refractivity contribution in [2.24, 2.45) is 5.92 Å². The Kier molecular flexibility index (Phi) is 13.6. The molecule has 46 heavy (non-hydrogen) atoms. The van der Waals surface area contributed by atoms with Crippen LogP contribution < -0.4 is 10.6 Å². The molecule has 2 aromatic carbocycles. The molecular formula is C37H53N3O6. The van der Waals surface area contributed by atoms with Crippen LogP contribution in [0, 0.1) is 19.8 Å². The van der Waals surface area contributed by atoms with Gasteiger partial charge >= 0.3 is 12.1 Å². The zero-order valence-electron chi connectivity index (χ0n) is 29.2. The Bertz CT molecular complexity index is 1340. The topological polar surface area (TPSA) is 114 Å². The summed E-state index contributed by atoms with van der Waals surface area (Å²) in [7, 11) is 0. The number of nitrogens with zero attached hydrogens (tertiary/aromatic N) is 1. The van der Waals surface area contributed by atoms with Gasteiger partial charge in [0.1, 0.15) is 29.3 Å². The molecule has 2 aromatic rings. The first-order valence-electron chi connectivity index (χ1n) is 15.9. The lowest BCUT2D eigenvalue weighted by atomic mass is 9.96. The van der Waals surface area contributed by atoms with Crippen molar-refractivity contribution in [3.8, 4) is 0 Å². The van der Waals surface area contributed by atoms with Crippen LogP contribution in [0.4, 0.5) is 4.79 Å². The van der Waals surface area contributed by atoms with Crippen molar-refractivity contribution < 1.29 is 28.7 Å². The lowest BCUT2D eigenvalue weighted by Crippen LogP contribution is -2.55. The first-order valence-corrected chi connectivity index (χ1v) is 15.9. The summed E-state index contributed by atoms with van der Waals surface area (Å²) < 4.78 is 11.2. The van der Waals surface area contributed by atoms with Crippen molar-refractivity contribution >= 4 is 23.9 Å². The van der Waals surface area contributed by atoms with Crippen LogP contribution in [0.25, 0.3) is 0 Å². The van der Waals surface area contributed by atoms with Gasteiger partial charge in [-0.05, 0) is 78.9 Å². The molecule has 0 aliphatic rings. The molecule has 0 aromatic heterocycles. The lowest BCUT2D eigenvalue weighted by Gasteiger charge is -2.35. The normalized spacial score (nSPS) is 13.6. The van der Waals surface area contributed by atoms with E-state index in [0.29, 0.717) is 12.0 Å². The van der Waals surface area contributed by atoms with Gasteiger partial charge in [0, 0.05) is 13.0 Å². The number of carbonyl (C=O) groups is 4. The molecule has 2 rings (SSSR count). The Balaban J connectivity index is 2.63. The number of ether oxygens (including phenoxy) is 2. The first-order chi connectivity index (χ1) is 21.3. The molecule has 9 nitrogen and oxygen atoms in total. The van der Waals surface area contributed by atoms with Gasteiger partial charge in [-0.2, -0.15) is 0 Å². The number of nitrogens with one attached hydrogen (secondary N) is 2. The van der Waals surface area contributed by atoms with Gasteiger partial charge in [-0.15, -0.1) is 6.58 Å². The molecule has 0 aliphatic heterocycles. The van der Waals surface area contributed by atoms with E-state index in [4.69, 9.17) is 9.47 Å². The van der Waals surface area contributed by atoms with E-state index in [2.05, 4.69) is 17.2 Å². The molecule has 3 unspecified atom stereocenters. The zero-order valence-corrected chi connectivity index (χ0v) is 29.2. The predicted molar refractivity (Wildman–Crippen MR) is 181 cm³/mol. The van der Waals surface area contributed by atoms with E-state index in [-0.39, 0.29) is 18.9 Å². The summed E-state index contributed by atoms with van der Waals surface area (Å²) in [5, 5.41) is 5.65. The van der Waals surface area contributed by atoms with Gasteiger partial charge in [-0.3, -0.25) is 9.59 Å². The molecule has 0 radical (unpaired) electrons. The Morgan fingerprint density at radius 1 is 0.848 bits per heavy atom. The van der Waals surface area contributed by atoms with E-state index in [0.717, 1.165) is 16.7 Å². The van der Waals surface area contributed by atoms with Gasteiger partial charge < -0.3 is 25.0 Å². The molecule has 2 N–H and O–H groups in total. The number of benzene rings is 2. The second-order valence-electron chi connectivity index (χ2n) is 14.2. The highest BCUT2D eigenvalue weighted by Crippen LogP contribution is 2.27. The maximum Gasteiger partial charge on any atom is 0.408 e. The highest BCUT2D eigenvalue weighted by atomic mass is 16.6. The number of hydrogen-bond donors (Lipinski definition) is 2. The molecule has 0 heterocycles. The Morgan fingerprint density at radius 3 is 1.91 bits per heavy atom. The number of hydrogen-bond acceptors (Lipinski definition) is 6. The number of amides is 3. The van der Waals surface area contributed by atoms with Gasteiger partial charge in [-0.25, -0.2) is 9.59 Å². The Morgan fingerprint density at radius 2 is 1.41 bits per heavy atom. The van der Waals surface area contributed by atoms with Gasteiger partial charge in [0.25, 0.3) is 0 Å². The summed E-state index contributed by atoms with van der Waals surface area (Å²) in [5.41, 5.74) is 1.64. The summed E-state index contributed by atoms with van der Waals surface area (Å²) in [6.07, 6.45) is 1.30. The molecule has 0 saturated carbocycles. The molecule has 252 valence electrons. The molecular weight excluding hydrogens is 582 g/mol. The highest BCUT2D eigenvalue weighted by molar-refractivity contribution is 5.94. The fraction of sp³-hybridized carbons (Fsp3) is 0.514. The highest BCUT2D eigenvalue weighted by Gasteiger charge is 2.38. The average Bonchev–Trinajstić information content (AvgIpc) is 2.89. The van der Waals surface area contributed by atoms with E-state index in [1.54, 1.807) is 41.5 Å². The fourth-order valence-electron chi connectivity index (χ4n) is 5.11. The average molecular weight is 636 g/mol. The molecule has 0 aliphatic carbocycles. The minimum Gasteiger partial charge on any atom is -0.458 e. The van der Waals surface area contributed by atoms with E-state index in [1.807, 2.05) is 76.2 Å². The maximum absolute atomic E-state index is 14.5. The van der Waals surface area contributed by atoms with Crippen molar-refractivity contribution in [1.29, 1.82) is 0 Å². The zero-order chi connectivity index (χ0) is 34.8. The monoisotopic (exact) mass is 635 g/mol.